The zero-order chi connectivity index (χ0) is 28.8. The highest BCUT2D eigenvalue weighted by molar-refractivity contribution is 5.88. The molecule has 1 aliphatic rings. The van der Waals surface area contributed by atoms with E-state index in [9.17, 15) is 25.2 Å². The minimum atomic E-state index is -0.813. The van der Waals surface area contributed by atoms with Crippen LogP contribution in [-0.2, 0) is 9.53 Å². The largest absolute Gasteiger partial charge is 0.458 e. The van der Waals surface area contributed by atoms with Gasteiger partial charge in [0.1, 0.15) is 6.10 Å². The quantitative estimate of drug-likeness (QED) is 0.245. The lowest BCUT2D eigenvalue weighted by molar-refractivity contribution is -0.146. The fraction of sp³-hybridized carbons (Fsp3) is 0.656. The minimum absolute atomic E-state index is 0.0175. The van der Waals surface area contributed by atoms with Crippen molar-refractivity contribution in [3.05, 3.63) is 59.8 Å². The lowest BCUT2D eigenvalue weighted by Gasteiger charge is -2.31. The van der Waals surface area contributed by atoms with Crippen molar-refractivity contribution in [3.63, 3.8) is 0 Å². The van der Waals surface area contributed by atoms with Gasteiger partial charge in [-0.05, 0) is 58.4 Å². The van der Waals surface area contributed by atoms with E-state index in [2.05, 4.69) is 6.08 Å². The fourth-order valence-electron chi connectivity index (χ4n) is 4.53. The normalized spacial score (nSPS) is 32.4. The van der Waals surface area contributed by atoms with Gasteiger partial charge in [0.2, 0.25) is 0 Å². The Kier molecular flexibility index (Phi) is 15.7. The molecule has 0 spiro atoms. The number of aliphatic hydroxyl groups excluding tert-OH is 4. The SMILES string of the molecule is CC1=C/C(C)C(O)/C=C\CC/C=C\C=C/CC(C(C)CCC(O)C(C)C(O)C(C)C(C)O)OC(=O)/C(C)=C\1. The second-order valence-electron chi connectivity index (χ2n) is 11.2. The van der Waals surface area contributed by atoms with Crippen LogP contribution in [-0.4, -0.2) is 56.9 Å². The van der Waals surface area contributed by atoms with E-state index in [-0.39, 0.29) is 35.7 Å². The molecule has 1 heterocycles. The van der Waals surface area contributed by atoms with Crippen LogP contribution in [0.4, 0.5) is 0 Å². The number of hydrogen-bond donors (Lipinski definition) is 4. The number of aliphatic hydroxyl groups is 4. The molecule has 38 heavy (non-hydrogen) atoms. The van der Waals surface area contributed by atoms with E-state index in [1.807, 2.05) is 57.2 Å². The third kappa shape index (κ3) is 12.2. The van der Waals surface area contributed by atoms with Gasteiger partial charge in [0.15, 0.2) is 0 Å². The molecule has 0 radical (unpaired) electrons. The number of cyclic esters (lactones) is 1. The summed E-state index contributed by atoms with van der Waals surface area (Å²) in [6.45, 7) is 12.8. The third-order valence-electron chi connectivity index (χ3n) is 7.67. The molecule has 9 unspecified atom stereocenters. The van der Waals surface area contributed by atoms with Crippen LogP contribution in [0.15, 0.2) is 59.8 Å². The van der Waals surface area contributed by atoms with Crippen molar-refractivity contribution in [2.45, 2.75) is 111 Å². The Morgan fingerprint density at radius 3 is 2.24 bits per heavy atom. The van der Waals surface area contributed by atoms with Crippen LogP contribution in [0.25, 0.3) is 0 Å². The van der Waals surface area contributed by atoms with Gasteiger partial charge >= 0.3 is 5.97 Å². The van der Waals surface area contributed by atoms with Gasteiger partial charge in [-0.3, -0.25) is 0 Å². The lowest BCUT2D eigenvalue weighted by Crippen LogP contribution is -2.38. The van der Waals surface area contributed by atoms with Gasteiger partial charge in [-0.25, -0.2) is 4.79 Å². The van der Waals surface area contributed by atoms with Gasteiger partial charge < -0.3 is 25.2 Å². The molecule has 6 nitrogen and oxygen atoms in total. The fourth-order valence-corrected chi connectivity index (χ4v) is 4.53. The number of esters is 1. The molecule has 0 aliphatic carbocycles. The summed E-state index contributed by atoms with van der Waals surface area (Å²) < 4.78 is 5.94. The summed E-state index contributed by atoms with van der Waals surface area (Å²) in [5.74, 6) is -1.22. The minimum Gasteiger partial charge on any atom is -0.458 e. The molecule has 4 N–H and O–H groups in total. The van der Waals surface area contributed by atoms with Crippen molar-refractivity contribution in [1.29, 1.82) is 0 Å². The van der Waals surface area contributed by atoms with E-state index >= 15 is 0 Å². The maximum atomic E-state index is 13.0. The van der Waals surface area contributed by atoms with E-state index in [1.54, 1.807) is 33.8 Å². The molecule has 0 saturated heterocycles. The second-order valence-corrected chi connectivity index (χ2v) is 11.2. The zero-order valence-corrected chi connectivity index (χ0v) is 24.5. The number of rotatable bonds is 8. The van der Waals surface area contributed by atoms with E-state index in [0.29, 0.717) is 24.8 Å². The molecule has 6 heteroatoms. The summed E-state index contributed by atoms with van der Waals surface area (Å²) in [4.78, 5) is 13.0. The highest BCUT2D eigenvalue weighted by Gasteiger charge is 2.30. The van der Waals surface area contributed by atoms with E-state index in [0.717, 1.165) is 18.4 Å². The first kappa shape index (κ1) is 34.0. The third-order valence-corrected chi connectivity index (χ3v) is 7.67. The summed E-state index contributed by atoms with van der Waals surface area (Å²) in [5.41, 5.74) is 1.37. The summed E-state index contributed by atoms with van der Waals surface area (Å²) in [6, 6.07) is 0. The van der Waals surface area contributed by atoms with Crippen LogP contribution in [0.3, 0.4) is 0 Å². The Morgan fingerprint density at radius 2 is 1.58 bits per heavy atom. The molecule has 9 atom stereocenters. The highest BCUT2D eigenvalue weighted by atomic mass is 16.5. The number of ether oxygens (including phenoxy) is 1. The van der Waals surface area contributed by atoms with Crippen molar-refractivity contribution in [1.82, 2.24) is 0 Å². The van der Waals surface area contributed by atoms with Crippen molar-refractivity contribution >= 4 is 5.97 Å². The Bertz CT molecular complexity index is 852. The number of carbonyl (C=O) groups excluding carboxylic acids is 1. The first-order chi connectivity index (χ1) is 17.8. The summed E-state index contributed by atoms with van der Waals surface area (Å²) in [5, 5.41) is 41.4. The Hall–Kier alpha value is -1.99. The van der Waals surface area contributed by atoms with Crippen molar-refractivity contribution in [2.24, 2.45) is 23.7 Å². The lowest BCUT2D eigenvalue weighted by atomic mass is 9.84. The van der Waals surface area contributed by atoms with Crippen LogP contribution in [0.2, 0.25) is 0 Å². The molecule has 0 fully saturated rings. The predicted molar refractivity (Wildman–Crippen MR) is 154 cm³/mol. The van der Waals surface area contributed by atoms with Gasteiger partial charge in [-0.1, -0.05) is 75.8 Å². The average Bonchev–Trinajstić information content (AvgIpc) is 2.87. The summed E-state index contributed by atoms with van der Waals surface area (Å²) in [7, 11) is 0. The molecular weight excluding hydrogens is 480 g/mol. The van der Waals surface area contributed by atoms with E-state index in [4.69, 9.17) is 4.74 Å². The maximum absolute atomic E-state index is 13.0. The topological polar surface area (TPSA) is 107 Å². The van der Waals surface area contributed by atoms with Crippen molar-refractivity contribution in [3.8, 4) is 0 Å². The van der Waals surface area contributed by atoms with Gasteiger partial charge in [0, 0.05) is 29.7 Å². The predicted octanol–water partition coefficient (Wildman–Crippen LogP) is 5.43. The van der Waals surface area contributed by atoms with Crippen molar-refractivity contribution < 1.29 is 30.0 Å². The zero-order valence-electron chi connectivity index (χ0n) is 24.5. The van der Waals surface area contributed by atoms with Crippen LogP contribution in [0.5, 0.6) is 0 Å². The molecule has 0 bridgehead atoms. The second kappa shape index (κ2) is 17.6. The Balaban J connectivity index is 3.01. The standard InChI is InChI=1S/C32H52O6/c1-21-19-23(3)28(34)15-13-11-9-8-10-12-14-16-30(38-32(37)24(4)20-21)22(2)17-18-29(35)26(6)31(36)25(5)27(7)33/h8,10,12-15,19-20,22-23,25-31,33-36H,9,11,16-18H2,1-7H3/b10-8-,14-12-,15-13-,21-19-,24-20-. The molecule has 0 saturated carbocycles. The first-order valence-electron chi connectivity index (χ1n) is 14.1. The average molecular weight is 533 g/mol. The molecule has 0 amide bonds. The molecule has 216 valence electrons. The number of allylic oxidation sites excluding steroid dienone is 6. The van der Waals surface area contributed by atoms with Gasteiger partial charge in [-0.15, -0.1) is 0 Å². The molecule has 0 aromatic heterocycles. The molecule has 1 aliphatic heterocycles. The smallest absolute Gasteiger partial charge is 0.334 e. The van der Waals surface area contributed by atoms with Crippen LogP contribution >= 0.6 is 0 Å². The highest BCUT2D eigenvalue weighted by Crippen LogP contribution is 2.26. The molecule has 0 aromatic rings. The Labute approximate surface area is 230 Å². The molecule has 0 aromatic carbocycles. The summed E-state index contributed by atoms with van der Waals surface area (Å²) >= 11 is 0. The number of carbonyl (C=O) groups is 1. The van der Waals surface area contributed by atoms with E-state index in [1.165, 1.54) is 0 Å². The Morgan fingerprint density at radius 1 is 0.947 bits per heavy atom. The molecular formula is C32H52O6. The summed E-state index contributed by atoms with van der Waals surface area (Å²) in [6.07, 6.45) is 15.7. The van der Waals surface area contributed by atoms with Crippen LogP contribution in [0, 0.1) is 23.7 Å². The first-order valence-corrected chi connectivity index (χ1v) is 14.1. The van der Waals surface area contributed by atoms with Crippen LogP contribution < -0.4 is 0 Å². The van der Waals surface area contributed by atoms with Crippen LogP contribution in [0.1, 0.15) is 80.6 Å². The van der Waals surface area contributed by atoms with Gasteiger partial charge in [-0.2, -0.15) is 0 Å². The van der Waals surface area contributed by atoms with Crippen molar-refractivity contribution in [2.75, 3.05) is 0 Å². The number of hydrogen-bond acceptors (Lipinski definition) is 6. The van der Waals surface area contributed by atoms with E-state index < -0.39 is 24.4 Å². The molecule has 1 rings (SSSR count). The van der Waals surface area contributed by atoms with Gasteiger partial charge in [0.25, 0.3) is 0 Å². The van der Waals surface area contributed by atoms with Gasteiger partial charge in [0.05, 0.1) is 24.4 Å². The monoisotopic (exact) mass is 532 g/mol. The maximum Gasteiger partial charge on any atom is 0.334 e.